The fraction of sp³-hybridized carbons (Fsp3) is 0.385. The van der Waals surface area contributed by atoms with E-state index >= 15 is 0 Å². The lowest BCUT2D eigenvalue weighted by Gasteiger charge is -2.14. The molecule has 104 valence electrons. The van der Waals surface area contributed by atoms with Crippen molar-refractivity contribution in [3.63, 3.8) is 0 Å². The largest absolute Gasteiger partial charge is 0.484 e. The number of rotatable bonds is 6. The maximum atomic E-state index is 11.5. The van der Waals surface area contributed by atoms with Gasteiger partial charge in [0.2, 0.25) is 0 Å². The number of aliphatic hydroxyl groups is 1. The summed E-state index contributed by atoms with van der Waals surface area (Å²) in [5.41, 5.74) is 1.01. The van der Waals surface area contributed by atoms with E-state index in [9.17, 15) is 9.59 Å². The van der Waals surface area contributed by atoms with Crippen LogP contribution in [0.2, 0.25) is 0 Å². The van der Waals surface area contributed by atoms with E-state index in [1.807, 2.05) is 19.1 Å². The molecule has 0 aliphatic heterocycles. The van der Waals surface area contributed by atoms with Gasteiger partial charge in [0.15, 0.2) is 12.6 Å². The van der Waals surface area contributed by atoms with Crippen LogP contribution in [0.15, 0.2) is 24.3 Å². The molecule has 0 aromatic heterocycles. The number of nitrogens with one attached hydrogen (secondary N) is 1. The van der Waals surface area contributed by atoms with Gasteiger partial charge in [-0.3, -0.25) is 4.79 Å². The van der Waals surface area contributed by atoms with Crippen LogP contribution in [0.1, 0.15) is 5.56 Å². The quantitative estimate of drug-likeness (QED) is 0.710. The Kier molecular flexibility index (Phi) is 5.81. The number of hydrogen-bond donors (Lipinski definition) is 2. The molecule has 1 aromatic rings. The molecule has 0 spiro atoms. The highest BCUT2D eigenvalue weighted by atomic mass is 16.5. The summed E-state index contributed by atoms with van der Waals surface area (Å²) in [6.45, 7) is 1.14. The van der Waals surface area contributed by atoms with E-state index in [2.05, 4.69) is 10.1 Å². The van der Waals surface area contributed by atoms with Crippen LogP contribution in [0.4, 0.5) is 0 Å². The molecule has 0 fully saturated rings. The van der Waals surface area contributed by atoms with Crippen molar-refractivity contribution in [2.45, 2.75) is 13.0 Å². The van der Waals surface area contributed by atoms with Crippen molar-refractivity contribution in [2.75, 3.05) is 20.3 Å². The Morgan fingerprint density at radius 3 is 2.74 bits per heavy atom. The molecule has 2 N–H and O–H groups in total. The maximum Gasteiger partial charge on any atom is 0.330 e. The van der Waals surface area contributed by atoms with E-state index in [0.717, 1.165) is 5.56 Å². The minimum atomic E-state index is -1.07. The summed E-state index contributed by atoms with van der Waals surface area (Å²) in [7, 11) is 1.18. The predicted molar refractivity (Wildman–Crippen MR) is 67.7 cm³/mol. The molecule has 1 aromatic carbocycles. The number of methoxy groups -OCH3 is 1. The molecule has 1 atom stereocenters. The van der Waals surface area contributed by atoms with Gasteiger partial charge in [0.1, 0.15) is 5.75 Å². The fourth-order valence-corrected chi connectivity index (χ4v) is 1.41. The van der Waals surface area contributed by atoms with Crippen molar-refractivity contribution in [3.8, 4) is 5.75 Å². The average molecular weight is 267 g/mol. The van der Waals surface area contributed by atoms with Crippen LogP contribution in [0, 0.1) is 6.92 Å². The van der Waals surface area contributed by atoms with Crippen molar-refractivity contribution >= 4 is 11.9 Å². The Bertz CT molecular complexity index is 446. The third-order valence-electron chi connectivity index (χ3n) is 2.36. The summed E-state index contributed by atoms with van der Waals surface area (Å²) >= 11 is 0. The first kappa shape index (κ1) is 15.0. The van der Waals surface area contributed by atoms with Gasteiger partial charge in [0.05, 0.1) is 13.7 Å². The van der Waals surface area contributed by atoms with Gasteiger partial charge in [-0.05, 0) is 24.6 Å². The molecular weight excluding hydrogens is 250 g/mol. The Morgan fingerprint density at radius 1 is 1.42 bits per heavy atom. The van der Waals surface area contributed by atoms with Gasteiger partial charge in [0, 0.05) is 0 Å². The number of amides is 1. The molecule has 0 aliphatic rings. The SMILES string of the molecule is COC(=O)[C@H](CO)NC(=O)COc1cccc(C)c1. The number of hydrogen-bond acceptors (Lipinski definition) is 5. The lowest BCUT2D eigenvalue weighted by molar-refractivity contribution is -0.146. The van der Waals surface area contributed by atoms with Gasteiger partial charge in [-0.1, -0.05) is 12.1 Å². The normalized spacial score (nSPS) is 11.5. The minimum Gasteiger partial charge on any atom is -0.484 e. The van der Waals surface area contributed by atoms with Crippen molar-refractivity contribution in [2.24, 2.45) is 0 Å². The first-order valence-corrected chi connectivity index (χ1v) is 5.74. The molecule has 19 heavy (non-hydrogen) atoms. The molecule has 0 radical (unpaired) electrons. The summed E-state index contributed by atoms with van der Waals surface area (Å²) in [4.78, 5) is 22.7. The van der Waals surface area contributed by atoms with E-state index in [4.69, 9.17) is 9.84 Å². The van der Waals surface area contributed by atoms with Crippen LogP contribution in [-0.4, -0.2) is 43.3 Å². The molecule has 0 saturated carbocycles. The van der Waals surface area contributed by atoms with Crippen LogP contribution in [0.25, 0.3) is 0 Å². The van der Waals surface area contributed by atoms with Crippen molar-refractivity contribution in [1.29, 1.82) is 0 Å². The first-order valence-electron chi connectivity index (χ1n) is 5.74. The number of ether oxygens (including phenoxy) is 2. The Hall–Kier alpha value is -2.08. The second kappa shape index (κ2) is 7.38. The molecule has 0 saturated heterocycles. The summed E-state index contributed by atoms with van der Waals surface area (Å²) in [6, 6.07) is 6.17. The third-order valence-corrected chi connectivity index (χ3v) is 2.36. The highest BCUT2D eigenvalue weighted by Crippen LogP contribution is 2.11. The van der Waals surface area contributed by atoms with Gasteiger partial charge in [-0.15, -0.1) is 0 Å². The number of carbonyl (C=O) groups excluding carboxylic acids is 2. The number of aryl methyl sites for hydroxylation is 1. The van der Waals surface area contributed by atoms with E-state index in [0.29, 0.717) is 5.75 Å². The lowest BCUT2D eigenvalue weighted by atomic mass is 10.2. The Balaban J connectivity index is 2.45. The average Bonchev–Trinajstić information content (AvgIpc) is 2.41. The van der Waals surface area contributed by atoms with Crippen molar-refractivity contribution in [3.05, 3.63) is 29.8 Å². The zero-order valence-corrected chi connectivity index (χ0v) is 10.9. The predicted octanol–water partition coefficient (Wildman–Crippen LogP) is 0.0239. The molecule has 0 unspecified atom stereocenters. The number of esters is 1. The molecule has 1 amide bonds. The molecule has 0 bridgehead atoms. The minimum absolute atomic E-state index is 0.239. The molecule has 0 aliphatic carbocycles. The summed E-state index contributed by atoms with van der Waals surface area (Å²) in [5, 5.41) is 11.3. The molecule has 6 heteroatoms. The number of aliphatic hydroxyl groups excluding tert-OH is 1. The van der Waals surface area contributed by atoms with Crippen molar-refractivity contribution < 1.29 is 24.2 Å². The van der Waals surface area contributed by atoms with Gasteiger partial charge < -0.3 is 19.9 Å². The van der Waals surface area contributed by atoms with Crippen molar-refractivity contribution in [1.82, 2.24) is 5.32 Å². The zero-order chi connectivity index (χ0) is 14.3. The van der Waals surface area contributed by atoms with Crippen LogP contribution in [0.5, 0.6) is 5.75 Å². The molecule has 0 heterocycles. The molecule has 6 nitrogen and oxygen atoms in total. The van der Waals surface area contributed by atoms with Gasteiger partial charge in [-0.25, -0.2) is 4.79 Å². The second-order valence-corrected chi connectivity index (χ2v) is 3.93. The highest BCUT2D eigenvalue weighted by Gasteiger charge is 2.20. The zero-order valence-electron chi connectivity index (χ0n) is 10.9. The summed E-state index contributed by atoms with van der Waals surface area (Å²) in [5.74, 6) is -0.647. The Labute approximate surface area is 111 Å². The van der Waals surface area contributed by atoms with Gasteiger partial charge in [0.25, 0.3) is 5.91 Å². The lowest BCUT2D eigenvalue weighted by Crippen LogP contribution is -2.45. The standard InChI is InChI=1S/C13H17NO5/c1-9-4-3-5-10(6-9)19-8-12(16)14-11(7-15)13(17)18-2/h3-6,11,15H,7-8H2,1-2H3,(H,14,16)/t11-/m0/s1. The van der Waals surface area contributed by atoms with Crippen LogP contribution in [0.3, 0.4) is 0 Å². The number of carbonyl (C=O) groups is 2. The van der Waals surface area contributed by atoms with Gasteiger partial charge in [-0.2, -0.15) is 0 Å². The smallest absolute Gasteiger partial charge is 0.330 e. The molecule has 1 rings (SSSR count). The van der Waals surface area contributed by atoms with Crippen LogP contribution >= 0.6 is 0 Å². The van der Waals surface area contributed by atoms with E-state index in [1.54, 1.807) is 12.1 Å². The topological polar surface area (TPSA) is 84.9 Å². The first-order chi connectivity index (χ1) is 9.06. The summed E-state index contributed by atoms with van der Waals surface area (Å²) < 4.78 is 9.69. The second-order valence-electron chi connectivity index (χ2n) is 3.93. The third kappa shape index (κ3) is 4.97. The number of benzene rings is 1. The maximum absolute atomic E-state index is 11.5. The van der Waals surface area contributed by atoms with Crippen LogP contribution < -0.4 is 10.1 Å². The summed E-state index contributed by atoms with van der Waals surface area (Å²) in [6.07, 6.45) is 0. The molecular formula is C13H17NO5. The highest BCUT2D eigenvalue weighted by molar-refractivity contribution is 5.85. The van der Waals surface area contributed by atoms with E-state index < -0.39 is 24.5 Å². The van der Waals surface area contributed by atoms with E-state index in [1.165, 1.54) is 7.11 Å². The Morgan fingerprint density at radius 2 is 2.16 bits per heavy atom. The van der Waals surface area contributed by atoms with Gasteiger partial charge >= 0.3 is 5.97 Å². The van der Waals surface area contributed by atoms with E-state index in [-0.39, 0.29) is 6.61 Å². The monoisotopic (exact) mass is 267 g/mol. The fourth-order valence-electron chi connectivity index (χ4n) is 1.41. The van der Waals surface area contributed by atoms with Crippen LogP contribution in [-0.2, 0) is 14.3 Å².